The van der Waals surface area contributed by atoms with Crippen molar-refractivity contribution in [1.82, 2.24) is 9.80 Å². The maximum absolute atomic E-state index is 12.2. The summed E-state index contributed by atoms with van der Waals surface area (Å²) in [5.41, 5.74) is 2.57. The molecule has 0 aromatic heterocycles. The molecule has 1 amide bonds. The number of hydrogen-bond acceptors (Lipinski definition) is 2. The number of likely N-dealkylation sites (tertiary alicyclic amines) is 1. The molecule has 35 heavy (non-hydrogen) atoms. The van der Waals surface area contributed by atoms with Crippen LogP contribution in [0.5, 0.6) is 0 Å². The molecular formula is C32H44N2O. The molecule has 1 heterocycles. The van der Waals surface area contributed by atoms with Crippen LogP contribution in [-0.2, 0) is 17.6 Å². The third kappa shape index (κ3) is 11.3. The second-order valence-corrected chi connectivity index (χ2v) is 9.30. The van der Waals surface area contributed by atoms with E-state index in [4.69, 9.17) is 0 Å². The predicted molar refractivity (Wildman–Crippen MR) is 150 cm³/mol. The first kappa shape index (κ1) is 30.0. The quantitative estimate of drug-likeness (QED) is 0.444. The molecule has 0 N–H and O–H groups in total. The van der Waals surface area contributed by atoms with Crippen LogP contribution in [0, 0.1) is 37.5 Å². The molecule has 1 saturated heterocycles. The number of carbonyl (C=O) groups is 1. The Hall–Kier alpha value is -3.01. The van der Waals surface area contributed by atoms with Crippen LogP contribution in [0.1, 0.15) is 50.2 Å². The Bertz CT molecular complexity index is 825. The zero-order chi connectivity index (χ0) is 25.9. The van der Waals surface area contributed by atoms with Crippen LogP contribution < -0.4 is 0 Å². The second-order valence-electron chi connectivity index (χ2n) is 9.30. The minimum Gasteiger partial charge on any atom is -0.342 e. The minimum absolute atomic E-state index is 0.311. The van der Waals surface area contributed by atoms with Crippen LogP contribution in [0.2, 0.25) is 0 Å². The molecule has 188 valence electrons. The number of benzene rings is 2. The number of hydrogen-bond donors (Lipinski definition) is 0. The smallest absolute Gasteiger partial charge is 0.227 e. The Balaban J connectivity index is 0.000000312. The Morgan fingerprint density at radius 1 is 0.857 bits per heavy atom. The number of amides is 1. The summed E-state index contributed by atoms with van der Waals surface area (Å²) in [5.74, 6) is 1.91. The predicted octanol–water partition coefficient (Wildman–Crippen LogP) is 5.95. The number of unbranched alkanes of at least 4 members (excludes halogenated alkanes) is 1. The molecule has 3 nitrogen and oxygen atoms in total. The molecule has 2 atom stereocenters. The van der Waals surface area contributed by atoms with Crippen molar-refractivity contribution in [2.45, 2.75) is 51.9 Å². The van der Waals surface area contributed by atoms with Gasteiger partial charge in [-0.15, -0.1) is 25.7 Å². The fourth-order valence-corrected chi connectivity index (χ4v) is 4.83. The van der Waals surface area contributed by atoms with Crippen LogP contribution in [-0.4, -0.2) is 48.9 Å². The van der Waals surface area contributed by atoms with E-state index >= 15 is 0 Å². The van der Waals surface area contributed by atoms with Crippen molar-refractivity contribution in [3.8, 4) is 25.7 Å². The lowest BCUT2D eigenvalue weighted by Crippen LogP contribution is -2.30. The van der Waals surface area contributed by atoms with Crippen molar-refractivity contribution >= 4 is 5.91 Å². The number of rotatable bonds is 8. The van der Waals surface area contributed by atoms with Gasteiger partial charge in [0, 0.05) is 19.6 Å². The van der Waals surface area contributed by atoms with E-state index in [-0.39, 0.29) is 0 Å². The standard InChI is InChI=1S/C15H19NO.C13H21N.2C2H2/c17-15(9-12-5-2-1-3-6-12)16-10-13-7-4-8-14(13)11-16;1-3-4-11-14(2)12-10-13-8-6-5-7-9-13;2*1-2/h1-3,5-6,13-14H,4,7-11H2;5-9H,3-4,10-12H2,1-2H3;2*1-2H. The average Bonchev–Trinajstić information content (AvgIpc) is 3.53. The number of fused-ring (bicyclic) bond motifs is 1. The molecule has 4 rings (SSSR count). The molecular weight excluding hydrogens is 428 g/mol. The first-order valence-corrected chi connectivity index (χ1v) is 12.9. The van der Waals surface area contributed by atoms with E-state index in [9.17, 15) is 4.79 Å². The lowest BCUT2D eigenvalue weighted by molar-refractivity contribution is -0.129. The van der Waals surface area contributed by atoms with Gasteiger partial charge in [0.15, 0.2) is 0 Å². The maximum atomic E-state index is 12.2. The maximum Gasteiger partial charge on any atom is 0.227 e. The van der Waals surface area contributed by atoms with Gasteiger partial charge in [-0.1, -0.05) is 80.4 Å². The summed E-state index contributed by atoms with van der Waals surface area (Å²) in [6.07, 6.45) is 24.4. The fraction of sp³-hybridized carbons (Fsp3) is 0.469. The Labute approximate surface area is 214 Å². The van der Waals surface area contributed by atoms with Gasteiger partial charge in [-0.3, -0.25) is 4.79 Å². The molecule has 2 fully saturated rings. The Morgan fingerprint density at radius 2 is 1.37 bits per heavy atom. The summed E-state index contributed by atoms with van der Waals surface area (Å²) in [6, 6.07) is 20.8. The zero-order valence-electron chi connectivity index (χ0n) is 21.8. The Morgan fingerprint density at radius 3 is 1.89 bits per heavy atom. The van der Waals surface area contributed by atoms with Gasteiger partial charge in [-0.05, 0) is 62.2 Å². The summed E-state index contributed by atoms with van der Waals surface area (Å²) in [7, 11) is 2.21. The van der Waals surface area contributed by atoms with E-state index in [1.165, 1.54) is 57.2 Å². The minimum atomic E-state index is 0.311. The van der Waals surface area contributed by atoms with Crippen LogP contribution in [0.25, 0.3) is 0 Å². The molecule has 1 aliphatic carbocycles. The SMILES string of the molecule is C#C.C#C.CCCCN(C)CCc1ccccc1.O=C(Cc1ccccc1)N1CC2CCCC2C1. The lowest BCUT2D eigenvalue weighted by Gasteiger charge is -2.17. The third-order valence-electron chi connectivity index (χ3n) is 6.80. The topological polar surface area (TPSA) is 23.6 Å². The summed E-state index contributed by atoms with van der Waals surface area (Å²) in [4.78, 5) is 16.7. The fourth-order valence-electron chi connectivity index (χ4n) is 4.83. The molecule has 2 aliphatic rings. The van der Waals surface area contributed by atoms with E-state index in [2.05, 4.69) is 79.8 Å². The molecule has 0 radical (unpaired) electrons. The molecule has 1 aliphatic heterocycles. The van der Waals surface area contributed by atoms with Gasteiger partial charge in [-0.2, -0.15) is 0 Å². The van der Waals surface area contributed by atoms with Gasteiger partial charge in [0.1, 0.15) is 0 Å². The normalized spacial score (nSPS) is 17.6. The van der Waals surface area contributed by atoms with Crippen molar-refractivity contribution in [1.29, 1.82) is 0 Å². The summed E-state index contributed by atoms with van der Waals surface area (Å²) < 4.78 is 0. The molecule has 2 unspecified atom stereocenters. The van der Waals surface area contributed by atoms with Crippen molar-refractivity contribution in [3.05, 3.63) is 71.8 Å². The van der Waals surface area contributed by atoms with Crippen LogP contribution in [0.4, 0.5) is 0 Å². The first-order valence-electron chi connectivity index (χ1n) is 12.9. The van der Waals surface area contributed by atoms with Gasteiger partial charge < -0.3 is 9.80 Å². The lowest BCUT2D eigenvalue weighted by atomic mass is 10.0. The van der Waals surface area contributed by atoms with Crippen molar-refractivity contribution in [3.63, 3.8) is 0 Å². The van der Waals surface area contributed by atoms with E-state index in [0.29, 0.717) is 12.3 Å². The third-order valence-corrected chi connectivity index (χ3v) is 6.80. The first-order chi connectivity index (χ1) is 17.2. The monoisotopic (exact) mass is 472 g/mol. The highest BCUT2D eigenvalue weighted by atomic mass is 16.2. The second kappa shape index (κ2) is 18.3. The number of carbonyl (C=O) groups excluding carboxylic acids is 1. The largest absolute Gasteiger partial charge is 0.342 e. The number of likely N-dealkylation sites (N-methyl/N-ethyl adjacent to an activating group) is 1. The van der Waals surface area contributed by atoms with Gasteiger partial charge in [0.25, 0.3) is 0 Å². The summed E-state index contributed by atoms with van der Waals surface area (Å²) in [6.45, 7) is 6.66. The molecule has 0 spiro atoms. The molecule has 3 heteroatoms. The van der Waals surface area contributed by atoms with Crippen LogP contribution >= 0.6 is 0 Å². The average molecular weight is 473 g/mol. The summed E-state index contributed by atoms with van der Waals surface area (Å²) in [5, 5.41) is 0. The van der Waals surface area contributed by atoms with E-state index in [1.54, 1.807) is 0 Å². The highest BCUT2D eigenvalue weighted by molar-refractivity contribution is 5.79. The van der Waals surface area contributed by atoms with E-state index in [1.807, 2.05) is 30.3 Å². The van der Waals surface area contributed by atoms with E-state index in [0.717, 1.165) is 30.5 Å². The summed E-state index contributed by atoms with van der Waals surface area (Å²) >= 11 is 0. The van der Waals surface area contributed by atoms with Crippen molar-refractivity contribution in [2.75, 3.05) is 33.2 Å². The van der Waals surface area contributed by atoms with Crippen LogP contribution in [0.3, 0.4) is 0 Å². The van der Waals surface area contributed by atoms with Crippen molar-refractivity contribution < 1.29 is 4.79 Å². The molecule has 2 aromatic carbocycles. The molecule has 2 aromatic rings. The Kier molecular flexibility index (Phi) is 15.7. The van der Waals surface area contributed by atoms with Gasteiger partial charge in [-0.25, -0.2) is 0 Å². The highest BCUT2D eigenvalue weighted by Gasteiger charge is 2.37. The molecule has 1 saturated carbocycles. The van der Waals surface area contributed by atoms with Crippen LogP contribution in [0.15, 0.2) is 60.7 Å². The van der Waals surface area contributed by atoms with Crippen molar-refractivity contribution in [2.24, 2.45) is 11.8 Å². The highest BCUT2D eigenvalue weighted by Crippen LogP contribution is 2.37. The van der Waals surface area contributed by atoms with Gasteiger partial charge >= 0.3 is 0 Å². The number of terminal acetylenes is 2. The molecule has 0 bridgehead atoms. The zero-order valence-corrected chi connectivity index (χ0v) is 21.8. The van der Waals surface area contributed by atoms with E-state index < -0.39 is 0 Å². The van der Waals surface area contributed by atoms with Gasteiger partial charge in [0.05, 0.1) is 6.42 Å². The number of nitrogens with zero attached hydrogens (tertiary/aromatic N) is 2. The van der Waals surface area contributed by atoms with Gasteiger partial charge in [0.2, 0.25) is 5.91 Å².